The van der Waals surface area contributed by atoms with Gasteiger partial charge in [-0.1, -0.05) is 30.3 Å². The van der Waals surface area contributed by atoms with Crippen molar-refractivity contribution in [3.63, 3.8) is 0 Å². The minimum atomic E-state index is -1.03. The average Bonchev–Trinajstić information content (AvgIpc) is 3.02. The Bertz CT molecular complexity index is 812. The van der Waals surface area contributed by atoms with E-state index in [1.165, 1.54) is 26.0 Å². The zero-order valence-electron chi connectivity index (χ0n) is 15.9. The number of ketones is 1. The number of carbonyl (C=O) groups is 3. The molecule has 0 atom stereocenters. The highest BCUT2D eigenvalue weighted by molar-refractivity contribution is 7.98. The SMILES string of the molecule is COC(=O)C(CCn1c(SC)cc(C)c1C(=O)c1ccccc1)C(=O)OC. The quantitative estimate of drug-likeness (QED) is 0.299. The van der Waals surface area contributed by atoms with Gasteiger partial charge in [0.25, 0.3) is 0 Å². The van der Waals surface area contributed by atoms with E-state index in [0.717, 1.165) is 10.6 Å². The van der Waals surface area contributed by atoms with Crippen molar-refractivity contribution in [3.05, 3.63) is 53.2 Å². The third-order valence-corrected chi connectivity index (χ3v) is 5.08. The zero-order valence-corrected chi connectivity index (χ0v) is 16.7. The van der Waals surface area contributed by atoms with Gasteiger partial charge < -0.3 is 14.0 Å². The van der Waals surface area contributed by atoms with E-state index in [1.54, 1.807) is 12.1 Å². The van der Waals surface area contributed by atoms with Gasteiger partial charge in [-0.2, -0.15) is 0 Å². The molecule has 7 heteroatoms. The maximum absolute atomic E-state index is 13.0. The van der Waals surface area contributed by atoms with Crippen LogP contribution in [-0.4, -0.2) is 42.8 Å². The number of esters is 2. The molecule has 2 aromatic rings. The second-order valence-corrected chi connectivity index (χ2v) is 6.78. The molecule has 0 aliphatic rings. The van der Waals surface area contributed by atoms with E-state index in [9.17, 15) is 14.4 Å². The van der Waals surface area contributed by atoms with E-state index in [1.807, 2.05) is 42.0 Å². The molecule has 0 radical (unpaired) electrons. The summed E-state index contributed by atoms with van der Waals surface area (Å²) in [4.78, 5) is 36.9. The van der Waals surface area contributed by atoms with Crippen LogP contribution < -0.4 is 0 Å². The second kappa shape index (κ2) is 9.41. The molecule has 1 heterocycles. The highest BCUT2D eigenvalue weighted by Crippen LogP contribution is 2.27. The number of nitrogens with zero attached hydrogens (tertiary/aromatic N) is 1. The standard InChI is InChI=1S/C20H23NO5S/c1-13-12-16(27-4)21(11-10-15(19(23)25-2)20(24)26-3)17(13)18(22)14-8-6-5-7-9-14/h5-9,12,15H,10-11H2,1-4H3. The number of hydrogen-bond acceptors (Lipinski definition) is 6. The first-order valence-electron chi connectivity index (χ1n) is 8.44. The summed E-state index contributed by atoms with van der Waals surface area (Å²) in [6, 6.07) is 11.0. The summed E-state index contributed by atoms with van der Waals surface area (Å²) in [6.07, 6.45) is 2.09. The molecule has 1 aromatic heterocycles. The summed E-state index contributed by atoms with van der Waals surface area (Å²) in [5, 5.41) is 0.889. The van der Waals surface area contributed by atoms with Gasteiger partial charge in [0.05, 0.1) is 24.9 Å². The Kier molecular flexibility index (Phi) is 7.24. The van der Waals surface area contributed by atoms with Crippen LogP contribution in [0.3, 0.4) is 0 Å². The Labute approximate surface area is 162 Å². The Morgan fingerprint density at radius 3 is 2.19 bits per heavy atom. The third kappa shape index (κ3) is 4.60. The number of thioether (sulfide) groups is 1. The first kappa shape index (κ1) is 20.8. The molecular formula is C20H23NO5S. The molecule has 0 N–H and O–H groups in total. The molecule has 27 heavy (non-hydrogen) atoms. The van der Waals surface area contributed by atoms with E-state index < -0.39 is 17.9 Å². The van der Waals surface area contributed by atoms with Gasteiger partial charge in [0.15, 0.2) is 5.92 Å². The number of aromatic nitrogens is 1. The van der Waals surface area contributed by atoms with Gasteiger partial charge in [-0.25, -0.2) is 0 Å². The van der Waals surface area contributed by atoms with E-state index in [0.29, 0.717) is 17.8 Å². The van der Waals surface area contributed by atoms with Gasteiger partial charge >= 0.3 is 11.9 Å². The normalized spacial score (nSPS) is 10.7. The minimum Gasteiger partial charge on any atom is -0.468 e. The summed E-state index contributed by atoms with van der Waals surface area (Å²) < 4.78 is 11.3. The predicted octanol–water partition coefficient (Wildman–Crippen LogP) is 3.10. The van der Waals surface area contributed by atoms with Crippen LogP contribution in [-0.2, 0) is 25.6 Å². The molecule has 2 rings (SSSR count). The lowest BCUT2D eigenvalue weighted by Crippen LogP contribution is -2.28. The number of methoxy groups -OCH3 is 2. The lowest BCUT2D eigenvalue weighted by Gasteiger charge is -2.16. The molecule has 0 aliphatic carbocycles. The summed E-state index contributed by atoms with van der Waals surface area (Å²) in [6.45, 7) is 2.19. The highest BCUT2D eigenvalue weighted by atomic mass is 32.2. The molecule has 0 bridgehead atoms. The van der Waals surface area contributed by atoms with E-state index >= 15 is 0 Å². The molecule has 0 amide bonds. The summed E-state index contributed by atoms with van der Waals surface area (Å²) in [7, 11) is 2.46. The molecule has 0 saturated carbocycles. The molecule has 6 nitrogen and oxygen atoms in total. The Balaban J connectivity index is 2.37. The lowest BCUT2D eigenvalue weighted by molar-refractivity contribution is -0.159. The fraction of sp³-hybridized carbons (Fsp3) is 0.350. The first-order chi connectivity index (χ1) is 12.9. The van der Waals surface area contributed by atoms with Crippen molar-refractivity contribution in [2.24, 2.45) is 5.92 Å². The number of rotatable bonds is 8. The zero-order chi connectivity index (χ0) is 20.0. The monoisotopic (exact) mass is 389 g/mol. The van der Waals surface area contributed by atoms with Crippen LogP contribution in [0.2, 0.25) is 0 Å². The lowest BCUT2D eigenvalue weighted by atomic mass is 10.0. The van der Waals surface area contributed by atoms with Gasteiger partial charge in [-0.15, -0.1) is 11.8 Å². The third-order valence-electron chi connectivity index (χ3n) is 4.32. The van der Waals surface area contributed by atoms with Crippen LogP contribution in [0, 0.1) is 12.8 Å². The maximum atomic E-state index is 13.0. The van der Waals surface area contributed by atoms with E-state index in [4.69, 9.17) is 9.47 Å². The van der Waals surface area contributed by atoms with Gasteiger partial charge in [0, 0.05) is 12.1 Å². The molecule has 0 saturated heterocycles. The molecular weight excluding hydrogens is 366 g/mol. The summed E-state index contributed by atoms with van der Waals surface area (Å²) >= 11 is 1.50. The number of carbonyl (C=O) groups excluding carboxylic acids is 3. The van der Waals surface area contributed by atoms with Crippen LogP contribution in [0.25, 0.3) is 0 Å². The number of hydrogen-bond donors (Lipinski definition) is 0. The number of aryl methyl sites for hydroxylation is 1. The van der Waals surface area contributed by atoms with Gasteiger partial charge in [0.1, 0.15) is 0 Å². The largest absolute Gasteiger partial charge is 0.468 e. The Hall–Kier alpha value is -2.54. The average molecular weight is 389 g/mol. The van der Waals surface area contributed by atoms with Crippen molar-refractivity contribution >= 4 is 29.5 Å². The predicted molar refractivity (Wildman–Crippen MR) is 103 cm³/mol. The van der Waals surface area contributed by atoms with Gasteiger partial charge in [-0.05, 0) is 31.2 Å². The van der Waals surface area contributed by atoms with Gasteiger partial charge in [-0.3, -0.25) is 14.4 Å². The maximum Gasteiger partial charge on any atom is 0.320 e. The van der Waals surface area contributed by atoms with Crippen molar-refractivity contribution in [2.45, 2.75) is 24.9 Å². The molecule has 0 spiro atoms. The van der Waals surface area contributed by atoms with Crippen LogP contribution in [0.4, 0.5) is 0 Å². The van der Waals surface area contributed by atoms with Crippen LogP contribution >= 0.6 is 11.8 Å². The van der Waals surface area contributed by atoms with Crippen molar-refractivity contribution in [2.75, 3.05) is 20.5 Å². The highest BCUT2D eigenvalue weighted by Gasteiger charge is 2.29. The Morgan fingerprint density at radius 1 is 1.07 bits per heavy atom. The fourth-order valence-corrected chi connectivity index (χ4v) is 3.65. The topological polar surface area (TPSA) is 74.6 Å². The molecule has 0 unspecified atom stereocenters. The molecule has 1 aromatic carbocycles. The summed E-state index contributed by atoms with van der Waals surface area (Å²) in [5.41, 5.74) is 1.99. The van der Waals surface area contributed by atoms with E-state index in [-0.39, 0.29) is 12.2 Å². The first-order valence-corrected chi connectivity index (χ1v) is 9.66. The van der Waals surface area contributed by atoms with Crippen molar-refractivity contribution < 1.29 is 23.9 Å². The van der Waals surface area contributed by atoms with Crippen molar-refractivity contribution in [1.29, 1.82) is 0 Å². The molecule has 0 fully saturated rings. The van der Waals surface area contributed by atoms with Gasteiger partial charge in [0.2, 0.25) is 5.78 Å². The van der Waals surface area contributed by atoms with Crippen LogP contribution in [0.1, 0.15) is 28.0 Å². The van der Waals surface area contributed by atoms with Crippen LogP contribution in [0.5, 0.6) is 0 Å². The van der Waals surface area contributed by atoms with Crippen molar-refractivity contribution in [3.8, 4) is 0 Å². The molecule has 0 aliphatic heterocycles. The summed E-state index contributed by atoms with van der Waals surface area (Å²) in [5.74, 6) is -2.42. The van der Waals surface area contributed by atoms with E-state index in [2.05, 4.69) is 0 Å². The van der Waals surface area contributed by atoms with Crippen molar-refractivity contribution in [1.82, 2.24) is 4.57 Å². The molecule has 144 valence electrons. The Morgan fingerprint density at radius 2 is 1.67 bits per heavy atom. The number of ether oxygens (including phenoxy) is 2. The fourth-order valence-electron chi connectivity index (χ4n) is 2.95. The smallest absolute Gasteiger partial charge is 0.320 e. The van der Waals surface area contributed by atoms with Crippen LogP contribution in [0.15, 0.2) is 41.4 Å². The number of benzene rings is 1. The minimum absolute atomic E-state index is 0.0962. The second-order valence-electron chi connectivity index (χ2n) is 5.95.